The summed E-state index contributed by atoms with van der Waals surface area (Å²) in [5.41, 5.74) is 0.964. The maximum atomic E-state index is 12.6. The van der Waals surface area contributed by atoms with Crippen molar-refractivity contribution in [1.29, 1.82) is 0 Å². The summed E-state index contributed by atoms with van der Waals surface area (Å²) in [5.74, 6) is -2.79. The third kappa shape index (κ3) is 5.23. The summed E-state index contributed by atoms with van der Waals surface area (Å²) in [7, 11) is 0. The maximum Gasteiger partial charge on any atom is 0.329 e. The number of imide groups is 1. The van der Waals surface area contributed by atoms with E-state index >= 15 is 0 Å². The smallest absolute Gasteiger partial charge is 0.329 e. The number of carbonyl (C=O) groups excluding carboxylic acids is 5. The maximum absolute atomic E-state index is 12.6. The van der Waals surface area contributed by atoms with Gasteiger partial charge in [0.1, 0.15) is 6.04 Å². The minimum atomic E-state index is -1.08. The minimum Gasteiger partial charge on any atom is -0.454 e. The van der Waals surface area contributed by atoms with Crippen molar-refractivity contribution in [3.63, 3.8) is 0 Å². The van der Waals surface area contributed by atoms with Crippen LogP contribution in [-0.4, -0.2) is 65.1 Å². The number of anilines is 1. The van der Waals surface area contributed by atoms with Gasteiger partial charge in [0.15, 0.2) is 6.61 Å². The van der Waals surface area contributed by atoms with Crippen molar-refractivity contribution in [2.45, 2.75) is 52.5 Å². The number of carbonyl (C=O) groups is 5. The van der Waals surface area contributed by atoms with Crippen LogP contribution in [0.5, 0.6) is 0 Å². The van der Waals surface area contributed by atoms with Gasteiger partial charge in [0.2, 0.25) is 11.8 Å². The second-order valence-corrected chi connectivity index (χ2v) is 8.43. The number of rotatable bonds is 8. The van der Waals surface area contributed by atoms with Crippen LogP contribution in [0.3, 0.4) is 0 Å². The molecule has 0 spiro atoms. The second-order valence-electron chi connectivity index (χ2n) is 8.43. The van der Waals surface area contributed by atoms with Crippen LogP contribution in [0.25, 0.3) is 0 Å². The summed E-state index contributed by atoms with van der Waals surface area (Å²) in [4.78, 5) is 64.9. The number of benzene rings is 1. The molecule has 1 saturated carbocycles. The van der Waals surface area contributed by atoms with Crippen molar-refractivity contribution in [2.75, 3.05) is 25.0 Å². The monoisotopic (exact) mass is 457 g/mol. The van der Waals surface area contributed by atoms with Crippen LogP contribution >= 0.6 is 0 Å². The SMILES string of the molecule is CCN(CC)C(=O)c1ccc(NC(=O)COC(=O)[C@H](C)N2C(=O)C3CCCCC3C2=O)cc1. The van der Waals surface area contributed by atoms with Crippen LogP contribution in [0.4, 0.5) is 5.69 Å². The largest absolute Gasteiger partial charge is 0.454 e. The zero-order valence-corrected chi connectivity index (χ0v) is 19.3. The molecule has 4 amide bonds. The summed E-state index contributed by atoms with van der Waals surface area (Å²) >= 11 is 0. The fourth-order valence-electron chi connectivity index (χ4n) is 4.52. The van der Waals surface area contributed by atoms with Crippen molar-refractivity contribution >= 4 is 35.3 Å². The van der Waals surface area contributed by atoms with Crippen LogP contribution in [0.15, 0.2) is 24.3 Å². The van der Waals surface area contributed by atoms with E-state index in [-0.39, 0.29) is 29.6 Å². The second kappa shape index (κ2) is 10.6. The molecule has 2 aliphatic rings. The van der Waals surface area contributed by atoms with E-state index < -0.39 is 24.5 Å². The Morgan fingerprint density at radius 2 is 1.58 bits per heavy atom. The molecule has 3 atom stereocenters. The molecule has 2 unspecified atom stereocenters. The molecule has 1 saturated heterocycles. The van der Waals surface area contributed by atoms with Gasteiger partial charge in [-0.25, -0.2) is 4.79 Å². The van der Waals surface area contributed by atoms with Crippen molar-refractivity contribution in [3.8, 4) is 0 Å². The van der Waals surface area contributed by atoms with Crippen LogP contribution in [0, 0.1) is 11.8 Å². The zero-order valence-electron chi connectivity index (χ0n) is 19.3. The molecule has 1 aromatic rings. The number of fused-ring (bicyclic) bond motifs is 1. The number of hydrogen-bond acceptors (Lipinski definition) is 6. The lowest BCUT2D eigenvalue weighted by atomic mass is 9.81. The van der Waals surface area contributed by atoms with Crippen LogP contribution in [0.2, 0.25) is 0 Å². The van der Waals surface area contributed by atoms with Crippen molar-refractivity contribution < 1.29 is 28.7 Å². The highest BCUT2D eigenvalue weighted by Gasteiger charge is 2.51. The molecule has 33 heavy (non-hydrogen) atoms. The first kappa shape index (κ1) is 24.4. The summed E-state index contributed by atoms with van der Waals surface area (Å²) < 4.78 is 5.06. The summed E-state index contributed by atoms with van der Waals surface area (Å²) in [5, 5.41) is 2.60. The normalized spacial score (nSPS) is 20.8. The van der Waals surface area contributed by atoms with Crippen LogP contribution in [-0.2, 0) is 23.9 Å². The molecular weight excluding hydrogens is 426 g/mol. The minimum absolute atomic E-state index is 0.0911. The predicted octanol–water partition coefficient (Wildman–Crippen LogP) is 2.21. The van der Waals surface area contributed by atoms with Crippen molar-refractivity contribution in [2.24, 2.45) is 11.8 Å². The van der Waals surface area contributed by atoms with Gasteiger partial charge < -0.3 is 15.0 Å². The van der Waals surface area contributed by atoms with E-state index in [0.29, 0.717) is 37.2 Å². The number of likely N-dealkylation sites (tertiary alicyclic amines) is 1. The molecule has 1 aliphatic heterocycles. The van der Waals surface area contributed by atoms with Crippen molar-refractivity contribution in [3.05, 3.63) is 29.8 Å². The standard InChI is InChI=1S/C24H31N3O6/c1-4-26(5-2)21(29)16-10-12-17(13-11-16)25-20(28)14-33-24(32)15(3)27-22(30)18-8-6-7-9-19(18)23(27)31/h10-13,15,18-19H,4-9,14H2,1-3H3,(H,25,28)/t15-,18?,19?/m0/s1. The number of esters is 1. The van der Waals surface area contributed by atoms with Gasteiger partial charge in [-0.2, -0.15) is 0 Å². The molecule has 0 bridgehead atoms. The topological polar surface area (TPSA) is 113 Å². The highest BCUT2D eigenvalue weighted by Crippen LogP contribution is 2.38. The summed E-state index contributed by atoms with van der Waals surface area (Å²) in [6, 6.07) is 5.36. The highest BCUT2D eigenvalue weighted by atomic mass is 16.5. The van der Waals surface area contributed by atoms with Gasteiger partial charge in [-0.3, -0.25) is 24.1 Å². The first-order valence-electron chi connectivity index (χ1n) is 11.5. The Bertz CT molecular complexity index is 901. The van der Waals surface area contributed by atoms with E-state index in [1.165, 1.54) is 6.92 Å². The van der Waals surface area contributed by atoms with Gasteiger partial charge in [-0.05, 0) is 57.9 Å². The van der Waals surface area contributed by atoms with E-state index in [2.05, 4.69) is 5.32 Å². The van der Waals surface area contributed by atoms with E-state index in [1.807, 2.05) is 13.8 Å². The number of amides is 4. The van der Waals surface area contributed by atoms with E-state index in [4.69, 9.17) is 4.74 Å². The lowest BCUT2D eigenvalue weighted by Crippen LogP contribution is -2.45. The Labute approximate surface area is 193 Å². The molecule has 1 heterocycles. The lowest BCUT2D eigenvalue weighted by molar-refractivity contribution is -0.159. The van der Waals surface area contributed by atoms with E-state index in [1.54, 1.807) is 29.2 Å². The third-order valence-electron chi connectivity index (χ3n) is 6.42. The number of hydrogen-bond donors (Lipinski definition) is 1. The van der Waals surface area contributed by atoms with Gasteiger partial charge in [-0.15, -0.1) is 0 Å². The van der Waals surface area contributed by atoms with Crippen LogP contribution < -0.4 is 5.32 Å². The summed E-state index contributed by atoms with van der Waals surface area (Å²) in [6.45, 7) is 5.91. The molecule has 1 aliphatic carbocycles. The molecule has 1 aromatic carbocycles. The Balaban J connectivity index is 1.51. The molecular formula is C24H31N3O6. The molecule has 1 N–H and O–H groups in total. The molecule has 0 aromatic heterocycles. The van der Waals surface area contributed by atoms with Crippen molar-refractivity contribution in [1.82, 2.24) is 9.80 Å². The molecule has 3 rings (SSSR count). The number of nitrogens with zero attached hydrogens (tertiary/aromatic N) is 2. The predicted molar refractivity (Wildman–Crippen MR) is 120 cm³/mol. The number of ether oxygens (including phenoxy) is 1. The molecule has 9 nitrogen and oxygen atoms in total. The Morgan fingerprint density at radius 1 is 1.03 bits per heavy atom. The zero-order chi connectivity index (χ0) is 24.1. The molecule has 178 valence electrons. The fourth-order valence-corrected chi connectivity index (χ4v) is 4.52. The summed E-state index contributed by atoms with van der Waals surface area (Å²) in [6.07, 6.45) is 3.12. The van der Waals surface area contributed by atoms with E-state index in [9.17, 15) is 24.0 Å². The van der Waals surface area contributed by atoms with Gasteiger partial charge in [0.05, 0.1) is 11.8 Å². The van der Waals surface area contributed by atoms with E-state index in [0.717, 1.165) is 17.7 Å². The van der Waals surface area contributed by atoms with Gasteiger partial charge >= 0.3 is 5.97 Å². The molecule has 0 radical (unpaired) electrons. The highest BCUT2D eigenvalue weighted by molar-refractivity contribution is 6.08. The first-order valence-corrected chi connectivity index (χ1v) is 11.5. The molecule has 2 fully saturated rings. The Kier molecular flexibility index (Phi) is 7.84. The van der Waals surface area contributed by atoms with Crippen LogP contribution in [0.1, 0.15) is 56.8 Å². The lowest BCUT2D eigenvalue weighted by Gasteiger charge is -2.21. The first-order chi connectivity index (χ1) is 15.8. The number of nitrogens with one attached hydrogen (secondary N) is 1. The Hall–Kier alpha value is -3.23. The molecule has 9 heteroatoms. The Morgan fingerprint density at radius 3 is 2.09 bits per heavy atom. The van der Waals surface area contributed by atoms with Gasteiger partial charge in [0.25, 0.3) is 11.8 Å². The third-order valence-corrected chi connectivity index (χ3v) is 6.42. The fraction of sp³-hybridized carbons (Fsp3) is 0.542. The quantitative estimate of drug-likeness (QED) is 0.473. The average molecular weight is 458 g/mol. The van der Waals surface area contributed by atoms with Gasteiger partial charge in [0, 0.05) is 24.3 Å². The average Bonchev–Trinajstić information content (AvgIpc) is 3.08. The van der Waals surface area contributed by atoms with Gasteiger partial charge in [-0.1, -0.05) is 12.8 Å².